The number of hydrogen-bond donors (Lipinski definition) is 2. The Bertz CT molecular complexity index is 1330. The fourth-order valence-electron chi connectivity index (χ4n) is 4.33. The van der Waals surface area contributed by atoms with Crippen LogP contribution in [0.4, 0.5) is 17.2 Å². The van der Waals surface area contributed by atoms with Gasteiger partial charge in [-0.25, -0.2) is 0 Å². The van der Waals surface area contributed by atoms with Gasteiger partial charge in [0.25, 0.3) is 5.91 Å². The molecule has 0 spiro atoms. The lowest BCUT2D eigenvalue weighted by molar-refractivity contribution is -0.120. The number of benzene rings is 2. The summed E-state index contributed by atoms with van der Waals surface area (Å²) in [5.74, 6) is 0.651. The molecule has 0 radical (unpaired) electrons. The van der Waals surface area contributed by atoms with Crippen molar-refractivity contribution in [1.82, 2.24) is 10.2 Å². The molecule has 2 amide bonds. The summed E-state index contributed by atoms with van der Waals surface area (Å²) in [7, 11) is 0. The van der Waals surface area contributed by atoms with Crippen LogP contribution in [-0.2, 0) is 4.79 Å². The summed E-state index contributed by atoms with van der Waals surface area (Å²) in [6.45, 7) is 3.43. The Morgan fingerprint density at radius 1 is 0.917 bits per heavy atom. The van der Waals surface area contributed by atoms with Crippen molar-refractivity contribution in [2.45, 2.75) is 19.8 Å². The Morgan fingerprint density at radius 2 is 1.72 bits per heavy atom. The lowest BCUT2D eigenvalue weighted by atomic mass is 9.95. The van der Waals surface area contributed by atoms with E-state index in [1.165, 1.54) is 0 Å². The molecular formula is C28H27N5O2S. The molecule has 182 valence electrons. The molecule has 0 atom stereocenters. The minimum absolute atomic E-state index is 0.0225. The first-order valence-corrected chi connectivity index (χ1v) is 12.9. The third kappa shape index (κ3) is 5.44. The van der Waals surface area contributed by atoms with Gasteiger partial charge in [0, 0.05) is 35.9 Å². The molecule has 0 aliphatic carbocycles. The number of carbonyl (C=O) groups is 2. The third-order valence-corrected chi connectivity index (χ3v) is 7.28. The van der Waals surface area contributed by atoms with Gasteiger partial charge in [-0.05, 0) is 79.2 Å². The molecule has 36 heavy (non-hydrogen) atoms. The number of carbonyl (C=O) groups excluding carboxylic acids is 2. The Hall–Kier alpha value is -4.04. The molecule has 0 unspecified atom stereocenters. The summed E-state index contributed by atoms with van der Waals surface area (Å²) in [5, 5.41) is 16.8. The Labute approximate surface area is 214 Å². The van der Waals surface area contributed by atoms with E-state index in [2.05, 4.69) is 25.7 Å². The van der Waals surface area contributed by atoms with Gasteiger partial charge in [-0.3, -0.25) is 9.59 Å². The molecular weight excluding hydrogens is 470 g/mol. The predicted octanol–water partition coefficient (Wildman–Crippen LogP) is 5.62. The fourth-order valence-corrected chi connectivity index (χ4v) is 5.02. The topological polar surface area (TPSA) is 87.2 Å². The summed E-state index contributed by atoms with van der Waals surface area (Å²) in [4.78, 5) is 28.6. The monoisotopic (exact) mass is 497 g/mol. The number of rotatable bonds is 6. The highest BCUT2D eigenvalue weighted by Crippen LogP contribution is 2.27. The van der Waals surface area contributed by atoms with Gasteiger partial charge in [-0.1, -0.05) is 24.3 Å². The minimum atomic E-state index is -0.159. The molecule has 8 heteroatoms. The average Bonchev–Trinajstić information content (AvgIpc) is 3.46. The van der Waals surface area contributed by atoms with Crippen LogP contribution in [0.15, 0.2) is 78.2 Å². The van der Waals surface area contributed by atoms with Gasteiger partial charge in [-0.15, -0.1) is 21.5 Å². The molecule has 2 N–H and O–H groups in total. The summed E-state index contributed by atoms with van der Waals surface area (Å²) < 4.78 is 0. The Kier molecular flexibility index (Phi) is 7.04. The van der Waals surface area contributed by atoms with Crippen LogP contribution in [0, 0.1) is 12.8 Å². The molecule has 1 aliphatic heterocycles. The lowest BCUT2D eigenvalue weighted by Crippen LogP contribution is -2.38. The number of thiophene rings is 1. The average molecular weight is 498 g/mol. The first kappa shape index (κ1) is 23.7. The molecule has 0 bridgehead atoms. The van der Waals surface area contributed by atoms with Crippen LogP contribution >= 0.6 is 11.3 Å². The van der Waals surface area contributed by atoms with E-state index in [4.69, 9.17) is 0 Å². The third-order valence-electron chi connectivity index (χ3n) is 6.39. The molecule has 1 saturated heterocycles. The predicted molar refractivity (Wildman–Crippen MR) is 144 cm³/mol. The molecule has 3 heterocycles. The molecule has 0 saturated carbocycles. The maximum Gasteiger partial charge on any atom is 0.255 e. The van der Waals surface area contributed by atoms with Crippen LogP contribution in [0.25, 0.3) is 10.6 Å². The van der Waals surface area contributed by atoms with Crippen LogP contribution in [0.3, 0.4) is 0 Å². The van der Waals surface area contributed by atoms with Crippen molar-refractivity contribution in [3.05, 3.63) is 89.3 Å². The number of hydrogen-bond acceptors (Lipinski definition) is 6. The van der Waals surface area contributed by atoms with E-state index in [1.807, 2.05) is 73.0 Å². The van der Waals surface area contributed by atoms with E-state index < -0.39 is 0 Å². The quantitative estimate of drug-likeness (QED) is 0.361. The SMILES string of the molecule is Cc1cc(NC(=O)C2CCN(c3ccc(-c4cccs4)nn3)CC2)ccc1NC(=O)c1ccccc1. The molecule has 2 aromatic carbocycles. The smallest absolute Gasteiger partial charge is 0.255 e. The van der Waals surface area contributed by atoms with Crippen molar-refractivity contribution in [2.24, 2.45) is 5.92 Å². The summed E-state index contributed by atoms with van der Waals surface area (Å²) in [5.41, 5.74) is 3.82. The van der Waals surface area contributed by atoms with E-state index in [1.54, 1.807) is 23.5 Å². The van der Waals surface area contributed by atoms with E-state index >= 15 is 0 Å². The normalized spacial score (nSPS) is 13.9. The second-order valence-electron chi connectivity index (χ2n) is 8.85. The van der Waals surface area contributed by atoms with Crippen LogP contribution in [-0.4, -0.2) is 35.1 Å². The highest BCUT2D eigenvalue weighted by atomic mass is 32.1. The van der Waals surface area contributed by atoms with Crippen molar-refractivity contribution in [3.63, 3.8) is 0 Å². The molecule has 2 aromatic heterocycles. The second-order valence-corrected chi connectivity index (χ2v) is 9.80. The molecule has 4 aromatic rings. The van der Waals surface area contributed by atoms with Crippen molar-refractivity contribution in [1.29, 1.82) is 0 Å². The lowest BCUT2D eigenvalue weighted by Gasteiger charge is -2.31. The fraction of sp³-hybridized carbons (Fsp3) is 0.214. The van der Waals surface area contributed by atoms with Crippen molar-refractivity contribution in [3.8, 4) is 10.6 Å². The maximum atomic E-state index is 12.9. The zero-order valence-electron chi connectivity index (χ0n) is 20.0. The summed E-state index contributed by atoms with van der Waals surface area (Å²) in [6, 6.07) is 22.7. The standard InChI is InChI=1S/C28H27N5O2S/c1-19-18-22(9-10-23(19)30-28(35)20-6-3-2-4-7-20)29-27(34)21-13-15-33(16-14-21)26-12-11-24(31-32-26)25-8-5-17-36-25/h2-12,17-18,21H,13-16H2,1H3,(H,29,34)(H,30,35). The van der Waals surface area contributed by atoms with E-state index in [-0.39, 0.29) is 17.7 Å². The molecule has 7 nitrogen and oxygen atoms in total. The highest BCUT2D eigenvalue weighted by molar-refractivity contribution is 7.13. The van der Waals surface area contributed by atoms with Gasteiger partial charge in [0.1, 0.15) is 5.69 Å². The first-order valence-electron chi connectivity index (χ1n) is 12.0. The van der Waals surface area contributed by atoms with Crippen LogP contribution < -0.4 is 15.5 Å². The van der Waals surface area contributed by atoms with Gasteiger partial charge in [0.15, 0.2) is 5.82 Å². The first-order chi connectivity index (χ1) is 17.6. The number of anilines is 3. The van der Waals surface area contributed by atoms with Crippen molar-refractivity contribution in [2.75, 3.05) is 28.6 Å². The second kappa shape index (κ2) is 10.7. The largest absolute Gasteiger partial charge is 0.355 e. The molecule has 1 aliphatic rings. The van der Waals surface area contributed by atoms with Crippen LogP contribution in [0.1, 0.15) is 28.8 Å². The highest BCUT2D eigenvalue weighted by Gasteiger charge is 2.26. The number of nitrogens with one attached hydrogen (secondary N) is 2. The van der Waals surface area contributed by atoms with Gasteiger partial charge in [0.05, 0.1) is 4.88 Å². The number of piperidine rings is 1. The van der Waals surface area contributed by atoms with Crippen molar-refractivity contribution < 1.29 is 9.59 Å². The Morgan fingerprint density at radius 3 is 2.39 bits per heavy atom. The summed E-state index contributed by atoms with van der Waals surface area (Å²) >= 11 is 1.65. The van der Waals surface area contributed by atoms with Gasteiger partial charge in [0.2, 0.25) is 5.91 Å². The van der Waals surface area contributed by atoms with Gasteiger partial charge in [-0.2, -0.15) is 0 Å². The van der Waals surface area contributed by atoms with Gasteiger partial charge >= 0.3 is 0 Å². The number of nitrogens with zero attached hydrogens (tertiary/aromatic N) is 3. The minimum Gasteiger partial charge on any atom is -0.355 e. The van der Waals surface area contributed by atoms with E-state index in [9.17, 15) is 9.59 Å². The van der Waals surface area contributed by atoms with E-state index in [0.717, 1.165) is 59.3 Å². The number of aryl methyl sites for hydroxylation is 1. The number of aromatic nitrogens is 2. The van der Waals surface area contributed by atoms with Crippen molar-refractivity contribution >= 4 is 40.3 Å². The van der Waals surface area contributed by atoms with Crippen LogP contribution in [0.2, 0.25) is 0 Å². The van der Waals surface area contributed by atoms with Crippen LogP contribution in [0.5, 0.6) is 0 Å². The molecule has 1 fully saturated rings. The zero-order chi connectivity index (χ0) is 24.9. The Balaban J connectivity index is 1.14. The number of amides is 2. The maximum absolute atomic E-state index is 12.9. The molecule has 5 rings (SSSR count). The van der Waals surface area contributed by atoms with Gasteiger partial charge < -0.3 is 15.5 Å². The zero-order valence-corrected chi connectivity index (χ0v) is 20.8. The van der Waals surface area contributed by atoms with E-state index in [0.29, 0.717) is 5.56 Å². The summed E-state index contributed by atoms with van der Waals surface area (Å²) in [6.07, 6.45) is 1.51.